The molecular weight excluding hydrogens is 250 g/mol. The van der Waals surface area contributed by atoms with Gasteiger partial charge in [0.05, 0.1) is 12.0 Å². The number of amides is 1. The summed E-state index contributed by atoms with van der Waals surface area (Å²) in [7, 11) is 0. The third kappa shape index (κ3) is 3.50. The van der Waals surface area contributed by atoms with Crippen LogP contribution >= 0.6 is 11.8 Å². The highest BCUT2D eigenvalue weighted by atomic mass is 32.2. The van der Waals surface area contributed by atoms with E-state index < -0.39 is 5.97 Å². The second-order valence-electron chi connectivity index (χ2n) is 4.31. The maximum Gasteiger partial charge on any atom is 0.335 e. The Morgan fingerprint density at radius 2 is 2.06 bits per heavy atom. The zero-order valence-corrected chi connectivity index (χ0v) is 10.7. The monoisotopic (exact) mass is 265 g/mol. The number of carbonyl (C=O) groups is 2. The summed E-state index contributed by atoms with van der Waals surface area (Å²) in [5.74, 6) is 1.15. The maximum atomic E-state index is 11.8. The van der Waals surface area contributed by atoms with Crippen molar-refractivity contribution in [1.29, 1.82) is 0 Å². The largest absolute Gasteiger partial charge is 0.478 e. The van der Waals surface area contributed by atoms with Gasteiger partial charge in [-0.05, 0) is 29.9 Å². The van der Waals surface area contributed by atoms with Crippen LogP contribution in [0.1, 0.15) is 22.3 Å². The zero-order valence-electron chi connectivity index (χ0n) is 9.89. The van der Waals surface area contributed by atoms with Crippen LogP contribution in [0.25, 0.3) is 0 Å². The van der Waals surface area contributed by atoms with E-state index in [4.69, 9.17) is 5.11 Å². The van der Waals surface area contributed by atoms with Crippen molar-refractivity contribution in [2.75, 3.05) is 11.5 Å². The van der Waals surface area contributed by atoms with Gasteiger partial charge in [0.15, 0.2) is 0 Å². The summed E-state index contributed by atoms with van der Waals surface area (Å²) >= 11 is 1.86. The average Bonchev–Trinajstić information content (AvgIpc) is 2.82. The molecule has 1 aromatic carbocycles. The van der Waals surface area contributed by atoms with Crippen molar-refractivity contribution in [1.82, 2.24) is 5.32 Å². The Morgan fingerprint density at radius 1 is 1.33 bits per heavy atom. The van der Waals surface area contributed by atoms with E-state index in [0.29, 0.717) is 12.5 Å². The van der Waals surface area contributed by atoms with Gasteiger partial charge < -0.3 is 10.4 Å². The Labute approximate surface area is 110 Å². The lowest BCUT2D eigenvalue weighted by Crippen LogP contribution is -2.35. The van der Waals surface area contributed by atoms with Gasteiger partial charge in [0.1, 0.15) is 0 Å². The summed E-state index contributed by atoms with van der Waals surface area (Å²) in [5, 5.41) is 11.8. The number of carboxylic acids is 1. The van der Waals surface area contributed by atoms with E-state index >= 15 is 0 Å². The number of benzene rings is 1. The highest BCUT2D eigenvalue weighted by Crippen LogP contribution is 2.17. The zero-order chi connectivity index (χ0) is 13.0. The molecule has 0 spiro atoms. The molecule has 1 saturated heterocycles. The number of hydrogen-bond acceptors (Lipinski definition) is 3. The Morgan fingerprint density at radius 3 is 2.61 bits per heavy atom. The molecular formula is C13H15NO3S. The number of thioether (sulfide) groups is 1. The van der Waals surface area contributed by atoms with Gasteiger partial charge in [-0.2, -0.15) is 11.8 Å². The van der Waals surface area contributed by atoms with Crippen LogP contribution in [0, 0.1) is 0 Å². The Kier molecular flexibility index (Phi) is 4.25. The first-order chi connectivity index (χ1) is 8.65. The molecule has 1 heterocycles. The SMILES string of the molecule is O=C(Cc1ccc(C(=O)O)cc1)NC1CCSC1. The minimum atomic E-state index is -0.950. The lowest BCUT2D eigenvalue weighted by molar-refractivity contribution is -0.121. The average molecular weight is 265 g/mol. The molecule has 0 aromatic heterocycles. The van der Waals surface area contributed by atoms with Crippen LogP contribution in [0.3, 0.4) is 0 Å². The van der Waals surface area contributed by atoms with Gasteiger partial charge >= 0.3 is 5.97 Å². The molecule has 4 nitrogen and oxygen atoms in total. The van der Waals surface area contributed by atoms with Crippen molar-refractivity contribution in [3.05, 3.63) is 35.4 Å². The van der Waals surface area contributed by atoms with E-state index in [9.17, 15) is 9.59 Å². The van der Waals surface area contributed by atoms with Crippen molar-refractivity contribution >= 4 is 23.6 Å². The van der Waals surface area contributed by atoms with Gasteiger partial charge in [-0.25, -0.2) is 4.79 Å². The van der Waals surface area contributed by atoms with Crippen LogP contribution < -0.4 is 5.32 Å². The number of nitrogens with one attached hydrogen (secondary N) is 1. The van der Waals surface area contributed by atoms with Crippen molar-refractivity contribution in [2.24, 2.45) is 0 Å². The van der Waals surface area contributed by atoms with Crippen molar-refractivity contribution in [3.8, 4) is 0 Å². The fourth-order valence-corrected chi connectivity index (χ4v) is 3.03. The van der Waals surface area contributed by atoms with Crippen LogP contribution in [0.2, 0.25) is 0 Å². The van der Waals surface area contributed by atoms with E-state index in [1.165, 1.54) is 12.1 Å². The Balaban J connectivity index is 1.88. The normalized spacial score (nSPS) is 18.6. The molecule has 2 N–H and O–H groups in total. The van der Waals surface area contributed by atoms with E-state index in [-0.39, 0.29) is 11.5 Å². The first-order valence-corrected chi connectivity index (χ1v) is 7.00. The summed E-state index contributed by atoms with van der Waals surface area (Å²) in [6, 6.07) is 6.71. The topological polar surface area (TPSA) is 66.4 Å². The predicted molar refractivity (Wildman–Crippen MR) is 71.0 cm³/mol. The minimum absolute atomic E-state index is 0.00516. The molecule has 1 unspecified atom stereocenters. The summed E-state index contributed by atoms with van der Waals surface area (Å²) in [5.41, 5.74) is 1.08. The lowest BCUT2D eigenvalue weighted by atomic mass is 10.1. The molecule has 1 fully saturated rings. The van der Waals surface area contributed by atoms with Crippen LogP contribution in [0.5, 0.6) is 0 Å². The van der Waals surface area contributed by atoms with Crippen LogP contribution in [-0.2, 0) is 11.2 Å². The van der Waals surface area contributed by atoms with E-state index in [1.54, 1.807) is 12.1 Å². The van der Waals surface area contributed by atoms with Gasteiger partial charge in [0, 0.05) is 11.8 Å². The summed E-state index contributed by atoms with van der Waals surface area (Å²) < 4.78 is 0. The first kappa shape index (κ1) is 13.0. The summed E-state index contributed by atoms with van der Waals surface area (Å²) in [6.45, 7) is 0. The molecule has 0 aliphatic carbocycles. The second kappa shape index (κ2) is 5.91. The van der Waals surface area contributed by atoms with Crippen LogP contribution in [0.4, 0.5) is 0 Å². The number of carbonyl (C=O) groups excluding carboxylic acids is 1. The number of aromatic carboxylic acids is 1. The molecule has 1 aliphatic rings. The molecule has 0 bridgehead atoms. The number of hydrogen-bond donors (Lipinski definition) is 2. The summed E-state index contributed by atoms with van der Waals surface area (Å²) in [4.78, 5) is 22.4. The highest BCUT2D eigenvalue weighted by Gasteiger charge is 2.17. The molecule has 5 heteroatoms. The maximum absolute atomic E-state index is 11.8. The molecule has 18 heavy (non-hydrogen) atoms. The highest BCUT2D eigenvalue weighted by molar-refractivity contribution is 7.99. The molecule has 96 valence electrons. The van der Waals surface area contributed by atoms with E-state index in [0.717, 1.165) is 23.5 Å². The first-order valence-electron chi connectivity index (χ1n) is 5.84. The standard InChI is InChI=1S/C13H15NO3S/c15-12(14-11-5-6-18-8-11)7-9-1-3-10(4-2-9)13(16)17/h1-4,11H,5-8H2,(H,14,15)(H,16,17). The number of rotatable bonds is 4. The smallest absolute Gasteiger partial charge is 0.335 e. The summed E-state index contributed by atoms with van der Waals surface area (Å²) in [6.07, 6.45) is 1.34. The van der Waals surface area contributed by atoms with E-state index in [1.807, 2.05) is 11.8 Å². The Bertz CT molecular complexity index is 438. The van der Waals surface area contributed by atoms with Crippen molar-refractivity contribution < 1.29 is 14.7 Å². The van der Waals surface area contributed by atoms with Crippen molar-refractivity contribution in [2.45, 2.75) is 18.9 Å². The molecule has 0 saturated carbocycles. The molecule has 2 rings (SSSR count). The second-order valence-corrected chi connectivity index (χ2v) is 5.46. The fraction of sp³-hybridized carbons (Fsp3) is 0.385. The van der Waals surface area contributed by atoms with Crippen LogP contribution in [-0.4, -0.2) is 34.5 Å². The van der Waals surface area contributed by atoms with Gasteiger partial charge in [-0.1, -0.05) is 12.1 Å². The van der Waals surface area contributed by atoms with Gasteiger partial charge in [0.2, 0.25) is 5.91 Å². The molecule has 0 radical (unpaired) electrons. The van der Waals surface area contributed by atoms with Gasteiger partial charge in [-0.3, -0.25) is 4.79 Å². The fourth-order valence-electron chi connectivity index (χ4n) is 1.88. The van der Waals surface area contributed by atoms with Gasteiger partial charge in [-0.15, -0.1) is 0 Å². The third-order valence-corrected chi connectivity index (χ3v) is 4.02. The molecule has 1 amide bonds. The Hall–Kier alpha value is -1.49. The predicted octanol–water partition coefficient (Wildman–Crippen LogP) is 1.55. The van der Waals surface area contributed by atoms with E-state index in [2.05, 4.69) is 5.32 Å². The minimum Gasteiger partial charge on any atom is -0.478 e. The van der Waals surface area contributed by atoms with Crippen molar-refractivity contribution in [3.63, 3.8) is 0 Å². The molecule has 1 aromatic rings. The van der Waals surface area contributed by atoms with Gasteiger partial charge in [0.25, 0.3) is 0 Å². The lowest BCUT2D eigenvalue weighted by Gasteiger charge is -2.11. The molecule has 1 aliphatic heterocycles. The quantitative estimate of drug-likeness (QED) is 0.867. The third-order valence-electron chi connectivity index (χ3n) is 2.86. The van der Waals surface area contributed by atoms with Crippen LogP contribution in [0.15, 0.2) is 24.3 Å². The molecule has 1 atom stereocenters. The number of carboxylic acid groups (broad SMARTS) is 1.